The van der Waals surface area contributed by atoms with Gasteiger partial charge in [-0.2, -0.15) is 0 Å². The van der Waals surface area contributed by atoms with Gasteiger partial charge in [-0.15, -0.1) is 0 Å². The molecule has 0 bridgehead atoms. The summed E-state index contributed by atoms with van der Waals surface area (Å²) in [6.07, 6.45) is 5.33. The molecule has 4 heterocycles. The number of aromatic nitrogens is 4. The normalized spacial score (nSPS) is 11.3. The summed E-state index contributed by atoms with van der Waals surface area (Å²) in [7, 11) is 3.85. The number of pyridine rings is 4. The van der Waals surface area contributed by atoms with Crippen molar-refractivity contribution in [2.45, 2.75) is 12.8 Å². The highest BCUT2D eigenvalue weighted by Crippen LogP contribution is 2.35. The highest BCUT2D eigenvalue weighted by molar-refractivity contribution is 6.17. The number of hydrogen-bond acceptors (Lipinski definition) is 6. The fourth-order valence-electron chi connectivity index (χ4n) is 6.44. The first-order chi connectivity index (χ1) is 25.3. The van der Waals surface area contributed by atoms with Gasteiger partial charge in [0.15, 0.2) is 12.4 Å². The first kappa shape index (κ1) is 34.2. The van der Waals surface area contributed by atoms with Gasteiger partial charge in [0.05, 0.1) is 35.5 Å². The van der Waals surface area contributed by atoms with E-state index in [0.717, 1.165) is 69.9 Å². The molecule has 7 rings (SSSR count). The summed E-state index contributed by atoms with van der Waals surface area (Å²) in [5.41, 5.74) is 13.8. The first-order valence-corrected chi connectivity index (χ1v) is 17.5. The zero-order valence-electron chi connectivity index (χ0n) is 29.4. The van der Waals surface area contributed by atoms with Crippen molar-refractivity contribution in [3.05, 3.63) is 119 Å². The van der Waals surface area contributed by atoms with Gasteiger partial charge in [-0.05, 0) is 36.4 Å². The minimum atomic E-state index is -0.491. The van der Waals surface area contributed by atoms with Gasteiger partial charge < -0.3 is 42.3 Å². The Kier molecular flexibility index (Phi) is 9.83. The molecule has 0 aliphatic carbocycles. The van der Waals surface area contributed by atoms with Crippen molar-refractivity contribution in [1.29, 1.82) is 0 Å². The standard InChI is InChI=1S/C40H40N10O2/c1-49-23-27(19-25-9-3-5-11-35(25)49)45-39(51)33-21-31(43-17-7-15-41)29-13-14-30-32(44-18-8-16-42)22-34(48-38(30)37(29)47-33)40(52)46-28-20-26-10-4-6-12-36(26)50(2)24-28/h3-6,9-14,19-24H,7-8,15-18,41-42H2,1-2H3,(H2-2,43,44,45,46,47,48,51,52)/p+2. The van der Waals surface area contributed by atoms with Crippen LogP contribution < -0.4 is 31.2 Å². The lowest BCUT2D eigenvalue weighted by atomic mass is 10.1. The van der Waals surface area contributed by atoms with Crippen LogP contribution in [0.3, 0.4) is 0 Å². The van der Waals surface area contributed by atoms with Gasteiger partial charge in [-0.25, -0.2) is 19.1 Å². The van der Waals surface area contributed by atoms with E-state index < -0.39 is 11.8 Å². The Hall–Kier alpha value is -6.24. The number of amides is 2. The number of carbonyl (C=O) groups is 2. The minimum Gasteiger partial charge on any atom is -0.616 e. The molecule has 0 aliphatic rings. The second kappa shape index (κ2) is 14.9. The Morgan fingerprint density at radius 2 is 1.06 bits per heavy atom. The van der Waals surface area contributed by atoms with Crippen LogP contribution >= 0.6 is 0 Å². The molecule has 3 aromatic carbocycles. The molecular weight excluding hydrogens is 653 g/mol. The average Bonchev–Trinajstić information content (AvgIpc) is 3.14. The summed E-state index contributed by atoms with van der Waals surface area (Å²) in [6.45, 7) is 2.82. The zero-order chi connectivity index (χ0) is 36.2. The molecule has 0 saturated carbocycles. The lowest BCUT2D eigenvalue weighted by molar-refractivity contribution is -0.644. The van der Waals surface area contributed by atoms with E-state index in [9.17, 15) is 9.59 Å². The van der Waals surface area contributed by atoms with Gasteiger partial charge in [0.2, 0.25) is 11.0 Å². The zero-order valence-corrected chi connectivity index (χ0v) is 29.4. The fraction of sp³-hybridized carbons (Fsp3) is 0.200. The van der Waals surface area contributed by atoms with Gasteiger partial charge in [0.1, 0.15) is 25.9 Å². The van der Waals surface area contributed by atoms with Crippen molar-refractivity contribution in [3.63, 3.8) is 0 Å². The van der Waals surface area contributed by atoms with E-state index in [1.165, 1.54) is 0 Å². The van der Waals surface area contributed by atoms with Crippen molar-refractivity contribution >= 4 is 78.2 Å². The summed E-state index contributed by atoms with van der Waals surface area (Å²) in [4.78, 5) is 37.5. The number of benzene rings is 3. The number of quaternary nitrogens is 2. The smallest absolute Gasteiger partial charge is 0.212 e. The molecule has 262 valence electrons. The quantitative estimate of drug-likeness (QED) is 0.0831. The molecule has 0 unspecified atom stereocenters. The predicted octanol–water partition coefficient (Wildman–Crippen LogP) is 4.52. The second-order valence-corrected chi connectivity index (χ2v) is 12.8. The van der Waals surface area contributed by atoms with Crippen molar-refractivity contribution in [2.24, 2.45) is 14.1 Å². The lowest BCUT2D eigenvalue weighted by Gasteiger charge is -2.21. The molecule has 52 heavy (non-hydrogen) atoms. The second-order valence-electron chi connectivity index (χ2n) is 12.8. The van der Waals surface area contributed by atoms with Crippen LogP contribution in [-0.4, -0.2) is 48.0 Å². The topological polar surface area (TPSA) is 175 Å². The van der Waals surface area contributed by atoms with Crippen molar-refractivity contribution < 1.29 is 30.2 Å². The van der Waals surface area contributed by atoms with E-state index >= 15 is 0 Å². The number of hydrogen-bond donors (Lipinski definition) is 4. The summed E-state index contributed by atoms with van der Waals surface area (Å²) in [5.74, 6) is -0.982. The van der Waals surface area contributed by atoms with Crippen molar-refractivity contribution in [3.8, 4) is 0 Å². The number of aryl methyl sites for hydroxylation is 2. The molecule has 0 aliphatic heterocycles. The van der Waals surface area contributed by atoms with Gasteiger partial charge in [-0.1, -0.05) is 47.8 Å². The molecule has 2 amide bonds. The Balaban J connectivity index is 1.33. The molecule has 0 radical (unpaired) electrons. The van der Waals surface area contributed by atoms with E-state index in [4.69, 9.17) is 9.97 Å². The van der Waals surface area contributed by atoms with Gasteiger partial charge in [0.25, 0.3) is 0 Å². The monoisotopic (exact) mass is 694 g/mol. The molecule has 12 nitrogen and oxygen atoms in total. The largest absolute Gasteiger partial charge is 0.616 e. The Bertz CT molecular complexity index is 2310. The van der Waals surface area contributed by atoms with Crippen LogP contribution in [0, 0.1) is 0 Å². The van der Waals surface area contributed by atoms with Gasteiger partial charge in [-0.3, -0.25) is 0 Å². The summed E-state index contributed by atoms with van der Waals surface area (Å²) >= 11 is 0. The van der Waals surface area contributed by atoms with Crippen LogP contribution in [0.25, 0.3) is 54.2 Å². The number of anilines is 2. The average molecular weight is 695 g/mol. The lowest BCUT2D eigenvalue weighted by Crippen LogP contribution is -2.50. The van der Waals surface area contributed by atoms with Crippen molar-refractivity contribution in [1.82, 2.24) is 9.97 Å². The number of nitrogens with zero attached hydrogens (tertiary/aromatic N) is 6. The molecule has 0 saturated heterocycles. The first-order valence-electron chi connectivity index (χ1n) is 17.5. The number of carbonyl (C=O) groups excluding carboxylic acids is 2. The molecule has 0 spiro atoms. The maximum absolute atomic E-state index is 13.9. The number of fused-ring (bicyclic) bond motifs is 5. The molecule has 8 N–H and O–H groups in total. The van der Waals surface area contributed by atoms with E-state index in [2.05, 4.69) is 32.7 Å². The SMILES string of the molecule is C[n+]1cc([N-]C(=O)c2cc(NCCC[NH3+])c3ccc4c(NCCC[NH3+])cc(C(=O)[N-]c5cc6ccccc6[n+](C)c5)nc4c3n2)cc2ccccc21. The number of para-hydroxylation sites is 2. The highest BCUT2D eigenvalue weighted by atomic mass is 16.2. The van der Waals surface area contributed by atoms with Gasteiger partial charge >= 0.3 is 0 Å². The summed E-state index contributed by atoms with van der Waals surface area (Å²) in [6, 6.07) is 27.1. The number of rotatable bonds is 12. The third kappa shape index (κ3) is 7.02. The van der Waals surface area contributed by atoms with E-state index in [1.54, 1.807) is 12.1 Å². The van der Waals surface area contributed by atoms with Gasteiger partial charge in [0, 0.05) is 71.0 Å². The Labute approximate surface area is 300 Å². The van der Waals surface area contributed by atoms with E-state index in [1.807, 2.05) is 108 Å². The molecule has 0 atom stereocenters. The Morgan fingerprint density at radius 1 is 0.635 bits per heavy atom. The Morgan fingerprint density at radius 3 is 1.48 bits per heavy atom. The van der Waals surface area contributed by atoms with Crippen molar-refractivity contribution in [2.75, 3.05) is 36.8 Å². The highest BCUT2D eigenvalue weighted by Gasteiger charge is 2.17. The number of nitrogens with one attached hydrogen (secondary N) is 2. The predicted molar refractivity (Wildman–Crippen MR) is 204 cm³/mol. The maximum atomic E-state index is 13.9. The van der Waals surface area contributed by atoms with Crippen LogP contribution in [0.1, 0.15) is 33.8 Å². The maximum Gasteiger partial charge on any atom is 0.212 e. The third-order valence-electron chi connectivity index (χ3n) is 9.03. The molecule has 7 aromatic rings. The molecular formula is C40H42N10O2+2. The summed E-state index contributed by atoms with van der Waals surface area (Å²) < 4.78 is 3.90. The molecule has 0 fully saturated rings. The fourth-order valence-corrected chi connectivity index (χ4v) is 6.44. The molecule has 12 heteroatoms. The van der Waals surface area contributed by atoms with E-state index in [-0.39, 0.29) is 11.4 Å². The minimum absolute atomic E-state index is 0.159. The van der Waals surface area contributed by atoms with Crippen LogP contribution in [0.15, 0.2) is 97.3 Å². The van der Waals surface area contributed by atoms with Crippen LogP contribution in [0.2, 0.25) is 0 Å². The molecule has 4 aromatic heterocycles. The van der Waals surface area contributed by atoms with Crippen LogP contribution in [0.4, 0.5) is 22.7 Å². The third-order valence-corrected chi connectivity index (χ3v) is 9.03. The van der Waals surface area contributed by atoms with E-state index in [0.29, 0.717) is 35.5 Å². The summed E-state index contributed by atoms with van der Waals surface area (Å²) in [5, 5.41) is 19.4. The van der Waals surface area contributed by atoms with Crippen LogP contribution in [-0.2, 0) is 14.1 Å². The van der Waals surface area contributed by atoms with Crippen LogP contribution in [0.5, 0.6) is 0 Å².